The number of hydrogen-bond acceptors (Lipinski definition) is 6. The van der Waals surface area contributed by atoms with Gasteiger partial charge in [0.05, 0.1) is 0 Å². The third-order valence-corrected chi connectivity index (χ3v) is 5.42. The highest BCUT2D eigenvalue weighted by atomic mass is 32.2. The fraction of sp³-hybridized carbons (Fsp3) is 0.538. The molecule has 1 aromatic carbocycles. The summed E-state index contributed by atoms with van der Waals surface area (Å²) in [7, 11) is 0. The first-order chi connectivity index (χ1) is 9.19. The van der Waals surface area contributed by atoms with Gasteiger partial charge in [-0.1, -0.05) is 0 Å². The minimum absolute atomic E-state index is 0.715. The number of benzene rings is 1. The molecule has 1 aromatic rings. The first-order valence-electron chi connectivity index (χ1n) is 5.90. The van der Waals surface area contributed by atoms with Gasteiger partial charge in [-0.3, -0.25) is 0 Å². The first-order valence-corrected chi connectivity index (χ1v) is 10.5. The van der Waals surface area contributed by atoms with E-state index in [1.54, 1.807) is 0 Å². The van der Waals surface area contributed by atoms with Gasteiger partial charge >= 0.3 is 0 Å². The van der Waals surface area contributed by atoms with Crippen molar-refractivity contribution in [3.05, 3.63) is 33.4 Å². The second kappa shape index (κ2) is 9.36. The number of rotatable bonds is 7. The molecule has 19 heavy (non-hydrogen) atoms. The average Bonchev–Trinajstić information content (AvgIpc) is 2.45. The lowest BCUT2D eigenvalue weighted by atomic mass is 9.90. The molecule has 0 atom stereocenters. The molecule has 1 rings (SSSR count). The van der Waals surface area contributed by atoms with Crippen LogP contribution < -0.4 is 0 Å². The summed E-state index contributed by atoms with van der Waals surface area (Å²) in [6.07, 6.45) is 2.12. The number of hydrogen-bond donors (Lipinski definition) is 5. The molecule has 0 spiro atoms. The summed E-state index contributed by atoms with van der Waals surface area (Å²) in [5, 5.41) is 0. The third kappa shape index (κ3) is 3.95. The molecule has 0 N–H and O–H groups in total. The molecule has 0 saturated carbocycles. The van der Waals surface area contributed by atoms with Crippen molar-refractivity contribution in [2.75, 3.05) is 6.26 Å². The van der Waals surface area contributed by atoms with Crippen LogP contribution in [0.3, 0.4) is 0 Å². The van der Waals surface area contributed by atoms with E-state index in [0.717, 1.165) is 28.8 Å². The summed E-state index contributed by atoms with van der Waals surface area (Å²) < 4.78 is 0. The van der Waals surface area contributed by atoms with Gasteiger partial charge in [0.25, 0.3) is 0 Å². The highest BCUT2D eigenvalue weighted by molar-refractivity contribution is 7.97. The maximum atomic E-state index is 4.52. The van der Waals surface area contributed by atoms with Crippen LogP contribution in [0, 0.1) is 0 Å². The van der Waals surface area contributed by atoms with Crippen molar-refractivity contribution >= 4 is 74.9 Å². The first kappa shape index (κ1) is 18.4. The van der Waals surface area contributed by atoms with E-state index in [1.807, 2.05) is 11.8 Å². The molecular weight excluding hydrogens is 349 g/mol. The van der Waals surface area contributed by atoms with Crippen LogP contribution >= 0.6 is 74.9 Å². The van der Waals surface area contributed by atoms with Crippen molar-refractivity contribution in [3.63, 3.8) is 0 Å². The van der Waals surface area contributed by atoms with Gasteiger partial charge in [0.1, 0.15) is 0 Å². The molecule has 0 radical (unpaired) electrons. The molecule has 0 heterocycles. The van der Waals surface area contributed by atoms with E-state index in [2.05, 4.69) is 69.4 Å². The monoisotopic (exact) mass is 368 g/mol. The van der Waals surface area contributed by atoms with Gasteiger partial charge < -0.3 is 0 Å². The van der Waals surface area contributed by atoms with E-state index in [1.165, 1.54) is 33.4 Å². The van der Waals surface area contributed by atoms with E-state index in [4.69, 9.17) is 0 Å². The lowest BCUT2D eigenvalue weighted by molar-refractivity contribution is 1.08. The summed E-state index contributed by atoms with van der Waals surface area (Å²) in [6, 6.07) is 0. The Morgan fingerprint density at radius 3 is 1.05 bits per heavy atom. The highest BCUT2D eigenvalue weighted by Crippen LogP contribution is 2.35. The molecule has 6 heteroatoms. The van der Waals surface area contributed by atoms with Gasteiger partial charge in [-0.15, -0.1) is 0 Å². The maximum Gasteiger partial charge on any atom is 0.0188 e. The normalized spacial score (nSPS) is 11.1. The van der Waals surface area contributed by atoms with Gasteiger partial charge in [-0.05, 0) is 39.6 Å². The van der Waals surface area contributed by atoms with Crippen LogP contribution in [0.25, 0.3) is 0 Å². The molecule has 108 valence electrons. The average molecular weight is 369 g/mol. The van der Waals surface area contributed by atoms with Crippen LogP contribution in [0.2, 0.25) is 0 Å². The summed E-state index contributed by atoms with van der Waals surface area (Å²) in [5.41, 5.74) is 7.83. The van der Waals surface area contributed by atoms with Gasteiger partial charge in [0.2, 0.25) is 0 Å². The Balaban J connectivity index is 3.68. The second-order valence-electron chi connectivity index (χ2n) is 4.09. The lowest BCUT2D eigenvalue weighted by Crippen LogP contribution is -2.10. The minimum atomic E-state index is 0.715. The van der Waals surface area contributed by atoms with E-state index >= 15 is 0 Å². The Morgan fingerprint density at radius 1 is 0.579 bits per heavy atom. The van der Waals surface area contributed by atoms with Crippen LogP contribution in [0.5, 0.6) is 0 Å². The largest absolute Gasteiger partial charge is 0.175 e. The summed E-state index contributed by atoms with van der Waals surface area (Å²) >= 11 is 24.4. The zero-order chi connectivity index (χ0) is 14.4. The van der Waals surface area contributed by atoms with E-state index in [9.17, 15) is 0 Å². The van der Waals surface area contributed by atoms with E-state index in [0.29, 0.717) is 5.75 Å². The number of thioether (sulfide) groups is 1. The van der Waals surface area contributed by atoms with Crippen molar-refractivity contribution in [2.45, 2.75) is 34.5 Å². The van der Waals surface area contributed by atoms with Crippen LogP contribution in [-0.4, -0.2) is 6.26 Å². The van der Waals surface area contributed by atoms with Gasteiger partial charge in [-0.25, -0.2) is 0 Å². The summed E-state index contributed by atoms with van der Waals surface area (Å²) in [4.78, 5) is 0. The zero-order valence-electron chi connectivity index (χ0n) is 10.9. The van der Waals surface area contributed by atoms with Crippen LogP contribution in [0.15, 0.2) is 0 Å². The Labute approximate surface area is 148 Å². The summed E-state index contributed by atoms with van der Waals surface area (Å²) in [5.74, 6) is 4.62. The molecular formula is C13H20S6. The van der Waals surface area contributed by atoms with Gasteiger partial charge in [0, 0.05) is 34.5 Å². The van der Waals surface area contributed by atoms with Crippen LogP contribution in [-0.2, 0) is 34.5 Å². The second-order valence-corrected chi connectivity index (χ2v) is 6.54. The molecule has 0 nitrogen and oxygen atoms in total. The fourth-order valence-corrected chi connectivity index (χ4v) is 4.91. The Morgan fingerprint density at radius 2 is 0.842 bits per heavy atom. The zero-order valence-corrected chi connectivity index (χ0v) is 16.2. The smallest absolute Gasteiger partial charge is 0.0188 e. The SMILES string of the molecule is CSCc1c(CS)c(CS)c(CS)c(CS)c1CS. The molecule has 0 aromatic heterocycles. The topological polar surface area (TPSA) is 0 Å². The van der Waals surface area contributed by atoms with Crippen molar-refractivity contribution in [1.82, 2.24) is 0 Å². The quantitative estimate of drug-likeness (QED) is 0.435. The van der Waals surface area contributed by atoms with Crippen LogP contribution in [0.1, 0.15) is 33.4 Å². The highest BCUT2D eigenvalue weighted by Gasteiger charge is 2.19. The Bertz CT molecular complexity index is 397. The van der Waals surface area contributed by atoms with Gasteiger partial charge in [0.15, 0.2) is 0 Å². The van der Waals surface area contributed by atoms with E-state index < -0.39 is 0 Å². The van der Waals surface area contributed by atoms with Crippen molar-refractivity contribution in [3.8, 4) is 0 Å². The van der Waals surface area contributed by atoms with Crippen molar-refractivity contribution < 1.29 is 0 Å². The molecule has 0 saturated heterocycles. The summed E-state index contributed by atoms with van der Waals surface area (Å²) in [6.45, 7) is 0. The number of thiol groups is 5. The Kier molecular flexibility index (Phi) is 9.05. The maximum absolute atomic E-state index is 4.52. The van der Waals surface area contributed by atoms with Gasteiger partial charge in [-0.2, -0.15) is 74.9 Å². The lowest BCUT2D eigenvalue weighted by Gasteiger charge is -2.23. The molecule has 0 amide bonds. The molecule has 0 aliphatic rings. The van der Waals surface area contributed by atoms with Crippen LogP contribution in [0.4, 0.5) is 0 Å². The predicted octanol–water partition coefficient (Wildman–Crippen LogP) is 4.70. The standard InChI is InChI=1S/C13H20S6/c1-19-7-13-11(5-17)9(3-15)8(2-14)10(4-16)12(13)6-18/h14-18H,2-7H2,1H3. The van der Waals surface area contributed by atoms with Crippen molar-refractivity contribution in [1.29, 1.82) is 0 Å². The molecule has 0 bridgehead atoms. The van der Waals surface area contributed by atoms with E-state index in [-0.39, 0.29) is 0 Å². The molecule has 0 aliphatic carbocycles. The fourth-order valence-electron chi connectivity index (χ4n) is 2.37. The molecule has 0 aliphatic heterocycles. The van der Waals surface area contributed by atoms with Crippen molar-refractivity contribution in [2.24, 2.45) is 0 Å². The molecule has 0 unspecified atom stereocenters. The Hall–Kier alpha value is 1.32. The molecule has 0 fully saturated rings. The third-order valence-electron chi connectivity index (χ3n) is 3.26. The predicted molar refractivity (Wildman–Crippen MR) is 107 cm³/mol. The minimum Gasteiger partial charge on any atom is -0.175 e.